The van der Waals surface area contributed by atoms with Crippen molar-refractivity contribution in [1.82, 2.24) is 9.62 Å². The van der Waals surface area contributed by atoms with Crippen molar-refractivity contribution in [3.05, 3.63) is 29.8 Å². The highest BCUT2D eigenvalue weighted by molar-refractivity contribution is 7.89. The molecular weight excluding hydrogens is 284 g/mol. The number of aryl methyl sites for hydroxylation is 1. The third kappa shape index (κ3) is 3.65. The van der Waals surface area contributed by atoms with Crippen LogP contribution in [0, 0.1) is 12.8 Å². The molecule has 2 fully saturated rings. The smallest absolute Gasteiger partial charge is 0.243 e. The summed E-state index contributed by atoms with van der Waals surface area (Å²) in [6.07, 6.45) is 4.64. The van der Waals surface area contributed by atoms with Gasteiger partial charge >= 0.3 is 0 Å². The van der Waals surface area contributed by atoms with Gasteiger partial charge in [-0.15, -0.1) is 0 Å². The van der Waals surface area contributed by atoms with Crippen LogP contribution in [0.4, 0.5) is 0 Å². The van der Waals surface area contributed by atoms with Crippen molar-refractivity contribution >= 4 is 10.0 Å². The zero-order valence-electron chi connectivity index (χ0n) is 12.6. The largest absolute Gasteiger partial charge is 0.314 e. The first-order valence-corrected chi connectivity index (χ1v) is 9.30. The summed E-state index contributed by atoms with van der Waals surface area (Å²) in [5, 5.41) is 3.52. The van der Waals surface area contributed by atoms with E-state index in [2.05, 4.69) is 5.32 Å². The molecule has 21 heavy (non-hydrogen) atoms. The highest BCUT2D eigenvalue weighted by atomic mass is 32.2. The Balaban J connectivity index is 1.67. The highest BCUT2D eigenvalue weighted by Crippen LogP contribution is 2.25. The number of rotatable bonds is 5. The average Bonchev–Trinajstić information content (AvgIpc) is 3.30. The second-order valence-corrected chi connectivity index (χ2v) is 8.30. The summed E-state index contributed by atoms with van der Waals surface area (Å²) in [5.41, 5.74) is 1.08. The Morgan fingerprint density at radius 2 is 1.90 bits per heavy atom. The molecule has 0 amide bonds. The van der Waals surface area contributed by atoms with E-state index in [0.717, 1.165) is 24.9 Å². The summed E-state index contributed by atoms with van der Waals surface area (Å²) >= 11 is 0. The summed E-state index contributed by atoms with van der Waals surface area (Å²) in [6.45, 7) is 4.22. The maximum atomic E-state index is 12.7. The summed E-state index contributed by atoms with van der Waals surface area (Å²) in [6, 6.07) is 7.86. The topological polar surface area (TPSA) is 49.4 Å². The van der Waals surface area contributed by atoms with Crippen LogP contribution in [0.1, 0.15) is 31.2 Å². The first-order chi connectivity index (χ1) is 10.1. The van der Waals surface area contributed by atoms with Crippen LogP contribution in [0.3, 0.4) is 0 Å². The monoisotopic (exact) mass is 308 g/mol. The van der Waals surface area contributed by atoms with Gasteiger partial charge in [-0.2, -0.15) is 4.31 Å². The zero-order valence-corrected chi connectivity index (χ0v) is 13.4. The molecule has 1 heterocycles. The van der Waals surface area contributed by atoms with Crippen molar-refractivity contribution in [3.63, 3.8) is 0 Å². The Bertz CT molecular complexity index is 579. The molecular formula is C16H24N2O2S. The Hall–Kier alpha value is -0.910. The molecule has 0 spiro atoms. The molecule has 4 nitrogen and oxygen atoms in total. The summed E-state index contributed by atoms with van der Waals surface area (Å²) in [4.78, 5) is 0.420. The molecule has 1 aromatic carbocycles. The van der Waals surface area contributed by atoms with Crippen molar-refractivity contribution in [3.8, 4) is 0 Å². The van der Waals surface area contributed by atoms with Crippen molar-refractivity contribution in [2.45, 2.75) is 43.5 Å². The van der Waals surface area contributed by atoms with E-state index in [0.29, 0.717) is 29.9 Å². The third-order valence-corrected chi connectivity index (χ3v) is 6.29. The Morgan fingerprint density at radius 1 is 1.19 bits per heavy atom. The van der Waals surface area contributed by atoms with E-state index in [1.165, 1.54) is 12.8 Å². The molecule has 1 atom stereocenters. The maximum Gasteiger partial charge on any atom is 0.243 e. The van der Waals surface area contributed by atoms with Gasteiger partial charge in [-0.05, 0) is 57.2 Å². The van der Waals surface area contributed by atoms with Gasteiger partial charge in [0.1, 0.15) is 0 Å². The summed E-state index contributed by atoms with van der Waals surface area (Å²) in [5.74, 6) is 0.444. The van der Waals surface area contributed by atoms with Crippen LogP contribution in [0.15, 0.2) is 29.2 Å². The maximum absolute atomic E-state index is 12.7. The van der Waals surface area contributed by atoms with Crippen LogP contribution >= 0.6 is 0 Å². The minimum Gasteiger partial charge on any atom is -0.314 e. The van der Waals surface area contributed by atoms with Crippen LogP contribution in [0.25, 0.3) is 0 Å². The standard InChI is InChI=1S/C16H24N2O2S/c1-13-4-8-16(9-5-13)21(19,20)18-10-2-3-14(12-18)11-17-15-6-7-15/h4-5,8-9,14-15,17H,2-3,6-7,10-12H2,1H3. The molecule has 1 saturated carbocycles. The minimum absolute atomic E-state index is 0.420. The van der Waals surface area contributed by atoms with Gasteiger partial charge in [-0.1, -0.05) is 17.7 Å². The van der Waals surface area contributed by atoms with Gasteiger partial charge in [-0.3, -0.25) is 0 Å². The number of piperidine rings is 1. The molecule has 1 saturated heterocycles. The Kier molecular flexibility index (Phi) is 4.33. The number of sulfonamides is 1. The van der Waals surface area contributed by atoms with E-state index < -0.39 is 10.0 Å². The second kappa shape index (κ2) is 6.07. The molecule has 0 aromatic heterocycles. The molecule has 0 bridgehead atoms. The molecule has 116 valence electrons. The molecule has 5 heteroatoms. The fraction of sp³-hybridized carbons (Fsp3) is 0.625. The third-order valence-electron chi connectivity index (χ3n) is 4.41. The molecule has 1 unspecified atom stereocenters. The Labute approximate surface area is 127 Å². The van der Waals surface area contributed by atoms with Gasteiger partial charge in [-0.25, -0.2) is 8.42 Å². The predicted molar refractivity (Wildman–Crippen MR) is 83.7 cm³/mol. The molecule has 1 aromatic rings. The first-order valence-electron chi connectivity index (χ1n) is 7.86. The number of benzene rings is 1. The van der Waals surface area contributed by atoms with E-state index in [1.54, 1.807) is 16.4 Å². The van der Waals surface area contributed by atoms with Crippen LogP contribution < -0.4 is 5.32 Å². The lowest BCUT2D eigenvalue weighted by molar-refractivity contribution is 0.259. The number of nitrogens with zero attached hydrogens (tertiary/aromatic N) is 1. The van der Waals surface area contributed by atoms with Gasteiger partial charge < -0.3 is 5.32 Å². The van der Waals surface area contributed by atoms with Crippen molar-refractivity contribution < 1.29 is 8.42 Å². The van der Waals surface area contributed by atoms with Crippen LogP contribution in [-0.2, 0) is 10.0 Å². The SMILES string of the molecule is Cc1ccc(S(=O)(=O)N2CCCC(CNC3CC3)C2)cc1. The normalized spacial score (nSPS) is 24.1. The van der Waals surface area contributed by atoms with E-state index in [4.69, 9.17) is 0 Å². The van der Waals surface area contributed by atoms with E-state index >= 15 is 0 Å². The van der Waals surface area contributed by atoms with Crippen LogP contribution in [0.2, 0.25) is 0 Å². The summed E-state index contributed by atoms with van der Waals surface area (Å²) < 4.78 is 27.1. The lowest BCUT2D eigenvalue weighted by Crippen LogP contribution is -2.43. The van der Waals surface area contributed by atoms with Gasteiger partial charge in [0, 0.05) is 19.1 Å². The van der Waals surface area contributed by atoms with Crippen molar-refractivity contribution in [2.24, 2.45) is 5.92 Å². The molecule has 0 radical (unpaired) electrons. The summed E-state index contributed by atoms with van der Waals surface area (Å²) in [7, 11) is -3.33. The zero-order chi connectivity index (χ0) is 14.9. The average molecular weight is 308 g/mol. The fourth-order valence-electron chi connectivity index (χ4n) is 2.89. The number of hydrogen-bond acceptors (Lipinski definition) is 3. The fourth-order valence-corrected chi connectivity index (χ4v) is 4.45. The highest BCUT2D eigenvalue weighted by Gasteiger charge is 2.31. The van der Waals surface area contributed by atoms with Gasteiger partial charge in [0.25, 0.3) is 0 Å². The molecule has 2 aliphatic rings. The predicted octanol–water partition coefficient (Wildman–Crippen LogP) is 2.15. The second-order valence-electron chi connectivity index (χ2n) is 6.37. The molecule has 1 aliphatic heterocycles. The number of nitrogens with one attached hydrogen (secondary N) is 1. The Morgan fingerprint density at radius 3 is 2.57 bits per heavy atom. The van der Waals surface area contributed by atoms with Gasteiger partial charge in [0.2, 0.25) is 10.0 Å². The minimum atomic E-state index is -3.33. The van der Waals surface area contributed by atoms with E-state index in [1.807, 2.05) is 19.1 Å². The lowest BCUT2D eigenvalue weighted by atomic mass is 10.00. The lowest BCUT2D eigenvalue weighted by Gasteiger charge is -2.32. The van der Waals surface area contributed by atoms with E-state index in [-0.39, 0.29) is 0 Å². The molecule has 1 aliphatic carbocycles. The number of hydrogen-bond donors (Lipinski definition) is 1. The van der Waals surface area contributed by atoms with E-state index in [9.17, 15) is 8.42 Å². The molecule has 3 rings (SSSR count). The quantitative estimate of drug-likeness (QED) is 0.907. The first kappa shape index (κ1) is 15.0. The van der Waals surface area contributed by atoms with Crippen molar-refractivity contribution in [2.75, 3.05) is 19.6 Å². The van der Waals surface area contributed by atoms with Crippen LogP contribution in [-0.4, -0.2) is 38.4 Å². The van der Waals surface area contributed by atoms with Gasteiger partial charge in [0.05, 0.1) is 4.90 Å². The van der Waals surface area contributed by atoms with Gasteiger partial charge in [0.15, 0.2) is 0 Å². The van der Waals surface area contributed by atoms with Crippen LogP contribution in [0.5, 0.6) is 0 Å². The molecule has 1 N–H and O–H groups in total. The van der Waals surface area contributed by atoms with Crippen molar-refractivity contribution in [1.29, 1.82) is 0 Å².